The van der Waals surface area contributed by atoms with Crippen molar-refractivity contribution in [1.29, 1.82) is 0 Å². The van der Waals surface area contributed by atoms with E-state index in [2.05, 4.69) is 26.0 Å². The Balaban J connectivity index is 4.18. The third-order valence-electron chi connectivity index (χ3n) is 12.0. The predicted molar refractivity (Wildman–Crippen MR) is 263 cm³/mol. The molecule has 0 saturated heterocycles. The second kappa shape index (κ2) is 47.7. The number of esters is 2. The summed E-state index contributed by atoms with van der Waals surface area (Å²) in [4.78, 5) is 46.2. The van der Waals surface area contributed by atoms with Crippen LogP contribution < -0.4 is 5.73 Å². The van der Waals surface area contributed by atoms with Gasteiger partial charge in [0, 0.05) is 12.8 Å². The average molecular weight is 930 g/mol. The zero-order valence-corrected chi connectivity index (χ0v) is 42.3. The number of carboxylic acids is 1. The number of hydrogen-bond acceptors (Lipinski definition) is 9. The average Bonchev–Trinajstić information content (AvgIpc) is 3.27. The lowest BCUT2D eigenvalue weighted by molar-refractivity contribution is -0.161. The minimum atomic E-state index is -4.72. The molecule has 0 bridgehead atoms. The van der Waals surface area contributed by atoms with Gasteiger partial charge in [0.15, 0.2) is 6.10 Å². The molecule has 0 fully saturated rings. The van der Waals surface area contributed by atoms with E-state index in [1.54, 1.807) is 0 Å². The lowest BCUT2D eigenvalue weighted by Gasteiger charge is -2.20. The normalized spacial score (nSPS) is 13.6. The van der Waals surface area contributed by atoms with Gasteiger partial charge in [0.25, 0.3) is 0 Å². The predicted octanol–water partition coefficient (Wildman–Crippen LogP) is 15.2. The first-order valence-electron chi connectivity index (χ1n) is 26.7. The molecule has 3 atom stereocenters. The second-order valence-corrected chi connectivity index (χ2v) is 19.8. The molecule has 0 rings (SSSR count). The molecule has 0 saturated carbocycles. The lowest BCUT2D eigenvalue weighted by Crippen LogP contribution is -2.34. The number of phosphoric ester groups is 1. The van der Waals surface area contributed by atoms with E-state index in [1.807, 2.05) is 0 Å². The van der Waals surface area contributed by atoms with E-state index in [0.717, 1.165) is 38.5 Å². The third kappa shape index (κ3) is 46.7. The maximum Gasteiger partial charge on any atom is 0.472 e. The standard InChI is InChI=1S/C52H100NO10P/c1-3-5-7-9-11-13-15-17-19-21-23-24-26-28-30-32-34-36-38-40-42-44-51(55)63-48(46-61-64(58,59)62-47-49(53)52(56)57)45-60-50(54)43-41-39-37-35-33-31-29-27-25-22-20-18-16-14-12-10-8-6-4-2/h17,19,48-49H,3-16,18,20-47,53H2,1-2H3,(H,56,57)(H,58,59)/b19-17+/t48-,49+/m1/s1. The van der Waals surface area contributed by atoms with E-state index < -0.39 is 51.1 Å². The van der Waals surface area contributed by atoms with Gasteiger partial charge in [-0.05, 0) is 38.5 Å². The van der Waals surface area contributed by atoms with Gasteiger partial charge in [0.05, 0.1) is 13.2 Å². The molecule has 0 heterocycles. The maximum atomic E-state index is 12.7. The minimum Gasteiger partial charge on any atom is -0.480 e. The number of unbranched alkanes of at least 4 members (excludes halogenated alkanes) is 35. The summed E-state index contributed by atoms with van der Waals surface area (Å²) in [6.07, 6.45) is 51.3. The van der Waals surface area contributed by atoms with Crippen molar-refractivity contribution in [3.05, 3.63) is 12.2 Å². The van der Waals surface area contributed by atoms with Crippen molar-refractivity contribution in [1.82, 2.24) is 0 Å². The highest BCUT2D eigenvalue weighted by molar-refractivity contribution is 7.47. The molecule has 64 heavy (non-hydrogen) atoms. The third-order valence-corrected chi connectivity index (χ3v) is 13.0. The first-order chi connectivity index (χ1) is 31.1. The van der Waals surface area contributed by atoms with Crippen molar-refractivity contribution in [2.75, 3.05) is 19.8 Å². The molecule has 0 aliphatic rings. The first kappa shape index (κ1) is 62.2. The van der Waals surface area contributed by atoms with Crippen LogP contribution in [0.2, 0.25) is 0 Å². The van der Waals surface area contributed by atoms with Gasteiger partial charge in [0.2, 0.25) is 0 Å². The van der Waals surface area contributed by atoms with Crippen LogP contribution in [-0.4, -0.2) is 59.9 Å². The molecular weight excluding hydrogens is 830 g/mol. The second-order valence-electron chi connectivity index (χ2n) is 18.4. The van der Waals surface area contributed by atoms with Crippen LogP contribution >= 0.6 is 7.82 Å². The highest BCUT2D eigenvalue weighted by Crippen LogP contribution is 2.43. The molecule has 0 amide bonds. The topological polar surface area (TPSA) is 172 Å². The van der Waals surface area contributed by atoms with Crippen molar-refractivity contribution in [3.8, 4) is 0 Å². The molecule has 4 N–H and O–H groups in total. The molecule has 378 valence electrons. The molecule has 0 aliphatic heterocycles. The van der Waals surface area contributed by atoms with E-state index in [4.69, 9.17) is 29.4 Å². The van der Waals surface area contributed by atoms with Gasteiger partial charge in [-0.25, -0.2) is 4.57 Å². The Bertz CT molecular complexity index is 1140. The minimum absolute atomic E-state index is 0.165. The molecule has 0 aromatic heterocycles. The highest BCUT2D eigenvalue weighted by atomic mass is 31.2. The van der Waals surface area contributed by atoms with Crippen LogP contribution in [0.3, 0.4) is 0 Å². The summed E-state index contributed by atoms with van der Waals surface area (Å²) in [7, 11) is -4.72. The van der Waals surface area contributed by atoms with Crippen LogP contribution in [-0.2, 0) is 37.5 Å². The molecule has 0 aliphatic carbocycles. The molecule has 1 unspecified atom stereocenters. The Labute approximate surface area is 392 Å². The Morgan fingerprint density at radius 2 is 0.781 bits per heavy atom. The van der Waals surface area contributed by atoms with Crippen molar-refractivity contribution in [2.24, 2.45) is 5.73 Å². The Morgan fingerprint density at radius 3 is 1.14 bits per heavy atom. The Kier molecular flexibility index (Phi) is 46.4. The Hall–Kier alpha value is -1.78. The van der Waals surface area contributed by atoms with Crippen molar-refractivity contribution < 1.29 is 47.5 Å². The van der Waals surface area contributed by atoms with E-state index >= 15 is 0 Å². The molecule has 0 spiro atoms. The number of carboxylic acid groups (broad SMARTS) is 1. The lowest BCUT2D eigenvalue weighted by atomic mass is 10.0. The van der Waals surface area contributed by atoms with Gasteiger partial charge in [-0.3, -0.25) is 23.4 Å². The van der Waals surface area contributed by atoms with Crippen molar-refractivity contribution >= 4 is 25.7 Å². The van der Waals surface area contributed by atoms with Crippen LogP contribution in [0.25, 0.3) is 0 Å². The fourth-order valence-corrected chi connectivity index (χ4v) is 8.61. The van der Waals surface area contributed by atoms with Crippen LogP contribution in [0.1, 0.15) is 271 Å². The molecule has 12 heteroatoms. The number of aliphatic carboxylic acids is 1. The van der Waals surface area contributed by atoms with E-state index in [1.165, 1.54) is 193 Å². The molecule has 0 aromatic rings. The largest absolute Gasteiger partial charge is 0.480 e. The summed E-state index contributed by atoms with van der Waals surface area (Å²) in [5.41, 5.74) is 5.36. The van der Waals surface area contributed by atoms with Gasteiger partial charge in [-0.1, -0.05) is 231 Å². The number of carbonyl (C=O) groups excluding carboxylic acids is 2. The van der Waals surface area contributed by atoms with Gasteiger partial charge >= 0.3 is 25.7 Å². The highest BCUT2D eigenvalue weighted by Gasteiger charge is 2.28. The Morgan fingerprint density at radius 1 is 0.469 bits per heavy atom. The number of nitrogens with two attached hydrogens (primary N) is 1. The van der Waals surface area contributed by atoms with Crippen LogP contribution in [0, 0.1) is 0 Å². The molecular formula is C52H100NO10P. The van der Waals surface area contributed by atoms with Gasteiger partial charge in [-0.2, -0.15) is 0 Å². The molecule has 0 radical (unpaired) electrons. The number of phosphoric acid groups is 1. The number of carbonyl (C=O) groups is 3. The quantitative estimate of drug-likeness (QED) is 0.0229. The summed E-state index contributed by atoms with van der Waals surface area (Å²) < 4.78 is 32.9. The van der Waals surface area contributed by atoms with E-state index in [0.29, 0.717) is 12.8 Å². The zero-order chi connectivity index (χ0) is 47.0. The van der Waals surface area contributed by atoms with Gasteiger partial charge < -0.3 is 25.2 Å². The van der Waals surface area contributed by atoms with E-state index in [-0.39, 0.29) is 19.4 Å². The summed E-state index contributed by atoms with van der Waals surface area (Å²) >= 11 is 0. The summed E-state index contributed by atoms with van der Waals surface area (Å²) in [5, 5.41) is 8.93. The van der Waals surface area contributed by atoms with Gasteiger partial charge in [0.1, 0.15) is 12.6 Å². The van der Waals surface area contributed by atoms with E-state index in [9.17, 15) is 23.8 Å². The van der Waals surface area contributed by atoms with Gasteiger partial charge in [-0.15, -0.1) is 0 Å². The smallest absolute Gasteiger partial charge is 0.472 e. The summed E-state index contributed by atoms with van der Waals surface area (Å²) in [6, 6.07) is -1.52. The molecule has 11 nitrogen and oxygen atoms in total. The molecule has 0 aromatic carbocycles. The maximum absolute atomic E-state index is 12.7. The number of allylic oxidation sites excluding steroid dienone is 2. The van der Waals surface area contributed by atoms with Crippen LogP contribution in [0.15, 0.2) is 12.2 Å². The summed E-state index contributed by atoms with van der Waals surface area (Å²) in [6.45, 7) is 2.86. The van der Waals surface area contributed by atoms with Crippen LogP contribution in [0.4, 0.5) is 0 Å². The number of ether oxygens (including phenoxy) is 2. The zero-order valence-electron chi connectivity index (χ0n) is 41.4. The summed E-state index contributed by atoms with van der Waals surface area (Å²) in [5.74, 6) is -2.36. The monoisotopic (exact) mass is 930 g/mol. The fraction of sp³-hybridized carbons (Fsp3) is 0.904. The van der Waals surface area contributed by atoms with Crippen LogP contribution in [0.5, 0.6) is 0 Å². The fourth-order valence-electron chi connectivity index (χ4n) is 7.83. The van der Waals surface area contributed by atoms with Crippen molar-refractivity contribution in [2.45, 2.75) is 283 Å². The van der Waals surface area contributed by atoms with Crippen molar-refractivity contribution in [3.63, 3.8) is 0 Å². The number of hydrogen-bond donors (Lipinski definition) is 3. The SMILES string of the molecule is CCCCCCCC/C=C/CCCCCCCCCCCCCC(=O)O[C@H](COC(=O)CCCCCCCCCCCCCCCCCCCCC)COP(=O)(O)OC[C@H](N)C(=O)O. The first-order valence-corrected chi connectivity index (χ1v) is 28.2. The number of rotatable bonds is 51.